The number of aryl methyl sites for hydroxylation is 1. The summed E-state index contributed by atoms with van der Waals surface area (Å²) in [4.78, 5) is 4.24. The van der Waals surface area contributed by atoms with Gasteiger partial charge in [0, 0.05) is 13.2 Å². The standard InChI is InChI=1S/C18H27N3/c1-6-20-16(17-12-19-13-21(17)5)11-14-7-9-15(10-8-14)18(2,3)4/h7-10,12-13,16,20H,6,11H2,1-5H3. The van der Waals surface area contributed by atoms with E-state index < -0.39 is 0 Å². The Morgan fingerprint density at radius 2 is 1.86 bits per heavy atom. The van der Waals surface area contributed by atoms with Crippen LogP contribution < -0.4 is 5.32 Å². The summed E-state index contributed by atoms with van der Waals surface area (Å²) >= 11 is 0. The number of aromatic nitrogens is 2. The van der Waals surface area contributed by atoms with E-state index in [1.54, 1.807) is 0 Å². The lowest BCUT2D eigenvalue weighted by Crippen LogP contribution is -2.24. The molecule has 1 atom stereocenters. The molecule has 0 saturated heterocycles. The largest absolute Gasteiger partial charge is 0.336 e. The molecule has 1 unspecified atom stereocenters. The van der Waals surface area contributed by atoms with Crippen molar-refractivity contribution in [1.82, 2.24) is 14.9 Å². The maximum absolute atomic E-state index is 4.24. The van der Waals surface area contributed by atoms with Crippen LogP contribution in [0.15, 0.2) is 36.8 Å². The average Bonchev–Trinajstić information content (AvgIpc) is 2.84. The van der Waals surface area contributed by atoms with Gasteiger partial charge in [0.05, 0.1) is 18.1 Å². The van der Waals surface area contributed by atoms with Gasteiger partial charge in [0.15, 0.2) is 0 Å². The molecule has 114 valence electrons. The van der Waals surface area contributed by atoms with Gasteiger partial charge in [-0.1, -0.05) is 52.0 Å². The summed E-state index contributed by atoms with van der Waals surface area (Å²) in [5.41, 5.74) is 4.18. The fourth-order valence-electron chi connectivity index (χ4n) is 2.61. The van der Waals surface area contributed by atoms with E-state index in [0.717, 1.165) is 13.0 Å². The zero-order valence-corrected chi connectivity index (χ0v) is 13.9. The minimum Gasteiger partial charge on any atom is -0.336 e. The molecule has 0 aliphatic heterocycles. The topological polar surface area (TPSA) is 29.9 Å². The lowest BCUT2D eigenvalue weighted by atomic mass is 9.86. The third-order valence-electron chi connectivity index (χ3n) is 3.92. The first-order valence-corrected chi connectivity index (χ1v) is 7.71. The number of likely N-dealkylation sites (N-methyl/N-ethyl adjacent to an activating group) is 1. The molecule has 21 heavy (non-hydrogen) atoms. The first kappa shape index (κ1) is 15.8. The maximum Gasteiger partial charge on any atom is 0.0946 e. The molecule has 0 fully saturated rings. The molecule has 0 aliphatic rings. The van der Waals surface area contributed by atoms with E-state index in [1.807, 2.05) is 12.5 Å². The van der Waals surface area contributed by atoms with Crippen LogP contribution in [0.2, 0.25) is 0 Å². The summed E-state index contributed by atoms with van der Waals surface area (Å²) in [7, 11) is 2.05. The van der Waals surface area contributed by atoms with E-state index in [1.165, 1.54) is 16.8 Å². The van der Waals surface area contributed by atoms with Crippen molar-refractivity contribution in [2.24, 2.45) is 7.05 Å². The van der Waals surface area contributed by atoms with Gasteiger partial charge in [-0.2, -0.15) is 0 Å². The molecular weight excluding hydrogens is 258 g/mol. The van der Waals surface area contributed by atoms with Gasteiger partial charge in [-0.25, -0.2) is 4.98 Å². The molecular formula is C18H27N3. The Morgan fingerprint density at radius 3 is 2.33 bits per heavy atom. The van der Waals surface area contributed by atoms with Gasteiger partial charge in [-0.3, -0.25) is 0 Å². The van der Waals surface area contributed by atoms with Crippen molar-refractivity contribution in [3.8, 4) is 0 Å². The van der Waals surface area contributed by atoms with Crippen molar-refractivity contribution >= 4 is 0 Å². The fourth-order valence-corrected chi connectivity index (χ4v) is 2.61. The lowest BCUT2D eigenvalue weighted by Gasteiger charge is -2.21. The summed E-state index contributed by atoms with van der Waals surface area (Å²) in [6, 6.07) is 9.31. The molecule has 0 saturated carbocycles. The zero-order valence-electron chi connectivity index (χ0n) is 13.9. The van der Waals surface area contributed by atoms with Crippen molar-refractivity contribution in [1.29, 1.82) is 0 Å². The Morgan fingerprint density at radius 1 is 1.19 bits per heavy atom. The smallest absolute Gasteiger partial charge is 0.0946 e. The summed E-state index contributed by atoms with van der Waals surface area (Å²) < 4.78 is 2.09. The van der Waals surface area contributed by atoms with Crippen molar-refractivity contribution in [2.75, 3.05) is 6.54 Å². The van der Waals surface area contributed by atoms with Gasteiger partial charge in [0.1, 0.15) is 0 Å². The predicted octanol–water partition coefficient (Wildman–Crippen LogP) is 3.61. The molecule has 3 nitrogen and oxygen atoms in total. The second-order valence-corrected chi connectivity index (χ2v) is 6.69. The SMILES string of the molecule is CCNC(Cc1ccc(C(C)(C)C)cc1)c1cncn1C. The van der Waals surface area contributed by atoms with Gasteiger partial charge < -0.3 is 9.88 Å². The maximum atomic E-state index is 4.24. The van der Waals surface area contributed by atoms with Crippen LogP contribution in [0.25, 0.3) is 0 Å². The number of rotatable bonds is 5. The Kier molecular flexibility index (Phi) is 4.84. The molecule has 0 bridgehead atoms. The Balaban J connectivity index is 2.16. The molecule has 1 aromatic carbocycles. The minimum atomic E-state index is 0.210. The number of imidazole rings is 1. The Labute approximate surface area is 128 Å². The molecule has 0 amide bonds. The highest BCUT2D eigenvalue weighted by molar-refractivity contribution is 5.28. The molecule has 1 N–H and O–H groups in total. The van der Waals surface area contributed by atoms with Gasteiger partial charge in [-0.15, -0.1) is 0 Å². The number of benzene rings is 1. The number of nitrogens with zero attached hydrogens (tertiary/aromatic N) is 2. The highest BCUT2D eigenvalue weighted by Gasteiger charge is 2.16. The third-order valence-corrected chi connectivity index (χ3v) is 3.92. The minimum absolute atomic E-state index is 0.210. The second-order valence-electron chi connectivity index (χ2n) is 6.69. The summed E-state index contributed by atoms with van der Waals surface area (Å²) in [6.07, 6.45) is 4.80. The molecule has 1 heterocycles. The van der Waals surface area contributed by atoms with Crippen LogP contribution in [0, 0.1) is 0 Å². The monoisotopic (exact) mass is 285 g/mol. The van der Waals surface area contributed by atoms with E-state index in [9.17, 15) is 0 Å². The van der Waals surface area contributed by atoms with E-state index in [2.05, 4.69) is 73.9 Å². The zero-order chi connectivity index (χ0) is 15.5. The summed E-state index contributed by atoms with van der Waals surface area (Å²) in [5.74, 6) is 0. The van der Waals surface area contributed by atoms with Crippen molar-refractivity contribution < 1.29 is 0 Å². The van der Waals surface area contributed by atoms with Crippen LogP contribution >= 0.6 is 0 Å². The number of hydrogen-bond acceptors (Lipinski definition) is 2. The molecule has 0 radical (unpaired) electrons. The van der Waals surface area contributed by atoms with Crippen LogP contribution in [-0.4, -0.2) is 16.1 Å². The van der Waals surface area contributed by atoms with Gasteiger partial charge >= 0.3 is 0 Å². The summed E-state index contributed by atoms with van der Waals surface area (Å²) in [6.45, 7) is 9.85. The molecule has 3 heteroatoms. The van der Waals surface area contributed by atoms with Crippen LogP contribution in [0.3, 0.4) is 0 Å². The van der Waals surface area contributed by atoms with Gasteiger partial charge in [0.25, 0.3) is 0 Å². The third kappa shape index (κ3) is 3.94. The van der Waals surface area contributed by atoms with Crippen molar-refractivity contribution in [3.05, 3.63) is 53.6 Å². The van der Waals surface area contributed by atoms with E-state index in [-0.39, 0.29) is 5.41 Å². The molecule has 0 spiro atoms. The highest BCUT2D eigenvalue weighted by Crippen LogP contribution is 2.24. The Hall–Kier alpha value is -1.61. The summed E-state index contributed by atoms with van der Waals surface area (Å²) in [5, 5.41) is 3.56. The highest BCUT2D eigenvalue weighted by atomic mass is 15.1. The van der Waals surface area contributed by atoms with E-state index in [4.69, 9.17) is 0 Å². The van der Waals surface area contributed by atoms with Crippen LogP contribution in [0.5, 0.6) is 0 Å². The van der Waals surface area contributed by atoms with Crippen LogP contribution in [0.1, 0.15) is 50.6 Å². The second kappa shape index (κ2) is 6.44. The molecule has 2 aromatic rings. The van der Waals surface area contributed by atoms with Gasteiger partial charge in [0.2, 0.25) is 0 Å². The lowest BCUT2D eigenvalue weighted by molar-refractivity contribution is 0.520. The Bertz CT molecular complexity index is 561. The van der Waals surface area contributed by atoms with Crippen LogP contribution in [0.4, 0.5) is 0 Å². The normalized spacial score (nSPS) is 13.4. The van der Waals surface area contributed by atoms with Crippen molar-refractivity contribution in [3.63, 3.8) is 0 Å². The van der Waals surface area contributed by atoms with Crippen LogP contribution in [-0.2, 0) is 18.9 Å². The van der Waals surface area contributed by atoms with E-state index >= 15 is 0 Å². The quantitative estimate of drug-likeness (QED) is 0.909. The van der Waals surface area contributed by atoms with Gasteiger partial charge in [-0.05, 0) is 29.5 Å². The molecule has 1 aromatic heterocycles. The first-order chi connectivity index (χ1) is 9.91. The average molecular weight is 285 g/mol. The number of nitrogens with one attached hydrogen (secondary N) is 1. The van der Waals surface area contributed by atoms with Crippen molar-refractivity contribution in [2.45, 2.75) is 45.6 Å². The first-order valence-electron chi connectivity index (χ1n) is 7.71. The molecule has 0 aliphatic carbocycles. The predicted molar refractivity (Wildman–Crippen MR) is 88.5 cm³/mol. The fraction of sp³-hybridized carbons (Fsp3) is 0.500. The number of hydrogen-bond donors (Lipinski definition) is 1. The molecule has 2 rings (SSSR count). The van der Waals surface area contributed by atoms with E-state index in [0.29, 0.717) is 6.04 Å².